The summed E-state index contributed by atoms with van der Waals surface area (Å²) in [5.74, 6) is -0.185. The Hall–Kier alpha value is -1.24. The molecule has 0 saturated heterocycles. The van der Waals surface area contributed by atoms with Crippen molar-refractivity contribution in [1.82, 2.24) is 10.3 Å². The molecule has 0 radical (unpaired) electrons. The number of aryl methyl sites for hydroxylation is 1. The van der Waals surface area contributed by atoms with Crippen LogP contribution >= 0.6 is 22.7 Å². The highest BCUT2D eigenvalue weighted by Crippen LogP contribution is 2.29. The number of rotatable bonds is 4. The van der Waals surface area contributed by atoms with Gasteiger partial charge in [0, 0.05) is 10.9 Å². The maximum Gasteiger partial charge on any atom is 0.263 e. The Morgan fingerprint density at radius 1 is 1.53 bits per heavy atom. The number of thiophene rings is 1. The summed E-state index contributed by atoms with van der Waals surface area (Å²) in [5.41, 5.74) is 1.13. The van der Waals surface area contributed by atoms with Crippen LogP contribution in [-0.4, -0.2) is 28.1 Å². The van der Waals surface area contributed by atoms with Gasteiger partial charge in [0.25, 0.3) is 5.91 Å². The second-order valence-electron chi connectivity index (χ2n) is 4.94. The summed E-state index contributed by atoms with van der Waals surface area (Å²) < 4.78 is 0. The van der Waals surface area contributed by atoms with Crippen LogP contribution in [0.5, 0.6) is 0 Å². The zero-order chi connectivity index (χ0) is 14.0. The summed E-state index contributed by atoms with van der Waals surface area (Å²) in [4.78, 5) is 17.2. The smallest absolute Gasteiger partial charge is 0.263 e. The van der Waals surface area contributed by atoms with E-state index in [0.29, 0.717) is 4.88 Å². The molecule has 2 rings (SSSR count). The largest absolute Gasteiger partial charge is 0.394 e. The molecule has 0 atom stereocenters. The SMILES string of the molecule is Cc1nc(-c2ccsc2)sc1C(=O)NC(C)(C)CO. The Morgan fingerprint density at radius 2 is 2.26 bits per heavy atom. The number of aliphatic hydroxyl groups is 1. The number of aromatic nitrogens is 1. The molecule has 2 aromatic rings. The molecule has 2 aromatic heterocycles. The maximum atomic E-state index is 12.2. The van der Waals surface area contributed by atoms with E-state index < -0.39 is 5.54 Å². The molecule has 1 amide bonds. The number of nitrogens with zero attached hydrogens (tertiary/aromatic N) is 1. The van der Waals surface area contributed by atoms with Gasteiger partial charge < -0.3 is 10.4 Å². The summed E-state index contributed by atoms with van der Waals surface area (Å²) in [6.45, 7) is 5.28. The first kappa shape index (κ1) is 14.2. The average molecular weight is 296 g/mol. The van der Waals surface area contributed by atoms with Gasteiger partial charge in [0.05, 0.1) is 17.8 Å². The van der Waals surface area contributed by atoms with Crippen LogP contribution in [0.2, 0.25) is 0 Å². The van der Waals surface area contributed by atoms with E-state index in [1.807, 2.05) is 23.8 Å². The van der Waals surface area contributed by atoms with Gasteiger partial charge in [-0.1, -0.05) is 0 Å². The van der Waals surface area contributed by atoms with Gasteiger partial charge in [-0.3, -0.25) is 4.79 Å². The Labute approximate surface area is 120 Å². The van der Waals surface area contributed by atoms with Crippen LogP contribution in [0.15, 0.2) is 16.8 Å². The normalized spacial score (nSPS) is 11.6. The van der Waals surface area contributed by atoms with E-state index in [4.69, 9.17) is 0 Å². The third-order valence-corrected chi connectivity index (χ3v) is 4.51. The standard InChI is InChI=1S/C13H16N2O2S2/c1-8-10(11(17)15-13(2,3)7-16)19-12(14-8)9-4-5-18-6-9/h4-6,16H,7H2,1-3H3,(H,15,17). The molecule has 2 heterocycles. The molecule has 0 fully saturated rings. The first-order valence-electron chi connectivity index (χ1n) is 5.86. The predicted molar refractivity (Wildman–Crippen MR) is 78.8 cm³/mol. The molecule has 0 aliphatic rings. The summed E-state index contributed by atoms with van der Waals surface area (Å²) in [7, 11) is 0. The minimum Gasteiger partial charge on any atom is -0.394 e. The van der Waals surface area contributed by atoms with E-state index in [9.17, 15) is 9.90 Å². The van der Waals surface area contributed by atoms with Crippen molar-refractivity contribution in [3.05, 3.63) is 27.4 Å². The van der Waals surface area contributed by atoms with Crippen LogP contribution in [0.25, 0.3) is 10.6 Å². The van der Waals surface area contributed by atoms with E-state index in [0.717, 1.165) is 16.3 Å². The fraction of sp³-hybridized carbons (Fsp3) is 0.385. The third kappa shape index (κ3) is 3.20. The van der Waals surface area contributed by atoms with Crippen LogP contribution in [0.3, 0.4) is 0 Å². The number of nitrogens with one attached hydrogen (secondary N) is 1. The second kappa shape index (κ2) is 5.40. The lowest BCUT2D eigenvalue weighted by atomic mass is 10.1. The van der Waals surface area contributed by atoms with Gasteiger partial charge in [-0.15, -0.1) is 11.3 Å². The first-order chi connectivity index (χ1) is 8.93. The zero-order valence-electron chi connectivity index (χ0n) is 11.1. The van der Waals surface area contributed by atoms with Crippen molar-refractivity contribution in [3.63, 3.8) is 0 Å². The van der Waals surface area contributed by atoms with Crippen molar-refractivity contribution >= 4 is 28.6 Å². The van der Waals surface area contributed by atoms with Gasteiger partial charge >= 0.3 is 0 Å². The number of aliphatic hydroxyl groups excluding tert-OH is 1. The van der Waals surface area contributed by atoms with Gasteiger partial charge in [0.1, 0.15) is 9.88 Å². The van der Waals surface area contributed by atoms with Gasteiger partial charge in [0.2, 0.25) is 0 Å². The minimum atomic E-state index is -0.629. The highest BCUT2D eigenvalue weighted by molar-refractivity contribution is 7.17. The second-order valence-corrected chi connectivity index (χ2v) is 6.72. The van der Waals surface area contributed by atoms with Gasteiger partial charge in [-0.25, -0.2) is 4.98 Å². The fourth-order valence-corrected chi connectivity index (χ4v) is 3.19. The predicted octanol–water partition coefficient (Wildman–Crippen LogP) is 2.68. The highest BCUT2D eigenvalue weighted by Gasteiger charge is 2.23. The summed E-state index contributed by atoms with van der Waals surface area (Å²) in [5, 5.41) is 16.8. The molecule has 0 aromatic carbocycles. The van der Waals surface area contributed by atoms with Crippen molar-refractivity contribution in [2.24, 2.45) is 0 Å². The summed E-state index contributed by atoms with van der Waals surface area (Å²) >= 11 is 2.98. The molecule has 0 aliphatic heterocycles. The summed E-state index contributed by atoms with van der Waals surface area (Å²) in [6, 6.07) is 1.99. The average Bonchev–Trinajstić information content (AvgIpc) is 2.96. The monoisotopic (exact) mass is 296 g/mol. The lowest BCUT2D eigenvalue weighted by Crippen LogP contribution is -2.46. The maximum absolute atomic E-state index is 12.2. The number of carbonyl (C=O) groups is 1. The van der Waals surface area contributed by atoms with Gasteiger partial charge in [-0.05, 0) is 32.2 Å². The van der Waals surface area contributed by atoms with Crippen LogP contribution in [0, 0.1) is 6.92 Å². The minimum absolute atomic E-state index is 0.103. The van der Waals surface area contributed by atoms with E-state index in [2.05, 4.69) is 10.3 Å². The molecule has 19 heavy (non-hydrogen) atoms. The molecule has 0 saturated carbocycles. The van der Waals surface area contributed by atoms with Gasteiger partial charge in [-0.2, -0.15) is 11.3 Å². The first-order valence-corrected chi connectivity index (χ1v) is 7.62. The molecular weight excluding hydrogens is 280 g/mol. The van der Waals surface area contributed by atoms with Crippen molar-refractivity contribution in [2.75, 3.05) is 6.61 Å². The zero-order valence-corrected chi connectivity index (χ0v) is 12.7. The number of carbonyl (C=O) groups excluding carboxylic acids is 1. The van der Waals surface area contributed by atoms with Crippen LogP contribution < -0.4 is 5.32 Å². The fourth-order valence-electron chi connectivity index (χ4n) is 1.52. The number of thiazole rings is 1. The van der Waals surface area contributed by atoms with E-state index in [1.165, 1.54) is 11.3 Å². The van der Waals surface area contributed by atoms with Gasteiger partial charge in [0.15, 0.2) is 0 Å². The Bertz CT molecular complexity index is 573. The molecule has 0 bridgehead atoms. The lowest BCUT2D eigenvalue weighted by Gasteiger charge is -2.22. The van der Waals surface area contributed by atoms with Crippen molar-refractivity contribution in [1.29, 1.82) is 0 Å². The quantitative estimate of drug-likeness (QED) is 0.912. The van der Waals surface area contributed by atoms with Crippen molar-refractivity contribution < 1.29 is 9.90 Å². The highest BCUT2D eigenvalue weighted by atomic mass is 32.1. The third-order valence-electron chi connectivity index (χ3n) is 2.62. The molecule has 2 N–H and O–H groups in total. The van der Waals surface area contributed by atoms with E-state index in [-0.39, 0.29) is 12.5 Å². The number of amides is 1. The van der Waals surface area contributed by atoms with Crippen LogP contribution in [-0.2, 0) is 0 Å². The Kier molecular flexibility index (Phi) is 4.03. The van der Waals surface area contributed by atoms with Crippen LogP contribution in [0.1, 0.15) is 29.2 Å². The number of hydrogen-bond donors (Lipinski definition) is 2. The molecule has 0 aliphatic carbocycles. The van der Waals surface area contributed by atoms with E-state index >= 15 is 0 Å². The lowest BCUT2D eigenvalue weighted by molar-refractivity contribution is 0.0872. The topological polar surface area (TPSA) is 62.2 Å². The molecule has 6 heteroatoms. The van der Waals surface area contributed by atoms with Crippen molar-refractivity contribution in [2.45, 2.75) is 26.3 Å². The van der Waals surface area contributed by atoms with Crippen LogP contribution in [0.4, 0.5) is 0 Å². The molecule has 0 unspecified atom stereocenters. The molecule has 102 valence electrons. The number of hydrogen-bond acceptors (Lipinski definition) is 5. The van der Waals surface area contributed by atoms with Crippen molar-refractivity contribution in [3.8, 4) is 10.6 Å². The molecule has 4 nitrogen and oxygen atoms in total. The molecule has 0 spiro atoms. The van der Waals surface area contributed by atoms with E-state index in [1.54, 1.807) is 25.2 Å². The summed E-state index contributed by atoms with van der Waals surface area (Å²) in [6.07, 6.45) is 0. The Balaban J connectivity index is 2.24. The molecular formula is C13H16N2O2S2. The Morgan fingerprint density at radius 3 is 2.84 bits per heavy atom.